The van der Waals surface area contributed by atoms with E-state index in [1.807, 2.05) is 11.7 Å². The van der Waals surface area contributed by atoms with Crippen LogP contribution in [0.1, 0.15) is 44.6 Å². The van der Waals surface area contributed by atoms with Crippen molar-refractivity contribution in [2.75, 3.05) is 6.54 Å². The third kappa shape index (κ3) is 3.32. The zero-order chi connectivity index (χ0) is 13.2. The summed E-state index contributed by atoms with van der Waals surface area (Å²) in [6, 6.07) is 0. The average molecular weight is 237 g/mol. The van der Waals surface area contributed by atoms with E-state index < -0.39 is 0 Å². The minimum atomic E-state index is 0.337. The van der Waals surface area contributed by atoms with Gasteiger partial charge >= 0.3 is 0 Å². The Morgan fingerprint density at radius 1 is 1.29 bits per heavy atom. The second-order valence-corrected chi connectivity index (χ2v) is 6.02. The molecular weight excluding hydrogens is 210 g/mol. The number of nitrogens with zero attached hydrogens (tertiary/aromatic N) is 2. The molecule has 0 aliphatic carbocycles. The van der Waals surface area contributed by atoms with Crippen molar-refractivity contribution in [1.82, 2.24) is 15.1 Å². The summed E-state index contributed by atoms with van der Waals surface area (Å²) in [5, 5.41) is 8.00. The second kappa shape index (κ2) is 5.21. The lowest BCUT2D eigenvalue weighted by atomic mass is 9.81. The van der Waals surface area contributed by atoms with Crippen molar-refractivity contribution in [2.24, 2.45) is 18.4 Å². The zero-order valence-corrected chi connectivity index (χ0v) is 12.4. The smallest absolute Gasteiger partial charge is 0.0641 e. The molecule has 3 heteroatoms. The zero-order valence-electron chi connectivity index (χ0n) is 12.4. The van der Waals surface area contributed by atoms with Gasteiger partial charge in [0.05, 0.1) is 5.69 Å². The van der Waals surface area contributed by atoms with Gasteiger partial charge in [-0.1, -0.05) is 27.7 Å². The molecule has 1 N–H and O–H groups in total. The standard InChI is InChI=1S/C14H27N3/c1-10(2)14(5,6)9-15-8-13-11(3)16-17(7)12(13)4/h10,15H,8-9H2,1-7H3. The lowest BCUT2D eigenvalue weighted by molar-refractivity contribution is 0.238. The second-order valence-electron chi connectivity index (χ2n) is 6.02. The van der Waals surface area contributed by atoms with Crippen LogP contribution in [0, 0.1) is 25.2 Å². The fraction of sp³-hybridized carbons (Fsp3) is 0.786. The van der Waals surface area contributed by atoms with E-state index in [0.717, 1.165) is 18.8 Å². The Kier molecular flexibility index (Phi) is 4.36. The van der Waals surface area contributed by atoms with Crippen LogP contribution >= 0.6 is 0 Å². The summed E-state index contributed by atoms with van der Waals surface area (Å²) in [5.41, 5.74) is 4.08. The summed E-state index contributed by atoms with van der Waals surface area (Å²) in [6.07, 6.45) is 0. The highest BCUT2D eigenvalue weighted by atomic mass is 15.3. The molecule has 1 aromatic rings. The molecule has 0 aliphatic heterocycles. The molecule has 17 heavy (non-hydrogen) atoms. The van der Waals surface area contributed by atoms with Gasteiger partial charge in [0, 0.05) is 31.4 Å². The number of hydrogen-bond acceptors (Lipinski definition) is 2. The molecule has 0 bridgehead atoms. The molecule has 1 aromatic heterocycles. The minimum absolute atomic E-state index is 0.337. The maximum absolute atomic E-state index is 4.44. The summed E-state index contributed by atoms with van der Waals surface area (Å²) in [5.74, 6) is 0.686. The monoisotopic (exact) mass is 237 g/mol. The van der Waals surface area contributed by atoms with Crippen LogP contribution in [-0.2, 0) is 13.6 Å². The topological polar surface area (TPSA) is 29.9 Å². The summed E-state index contributed by atoms with van der Waals surface area (Å²) in [7, 11) is 2.00. The van der Waals surface area contributed by atoms with Crippen LogP contribution in [-0.4, -0.2) is 16.3 Å². The van der Waals surface area contributed by atoms with Gasteiger partial charge in [-0.3, -0.25) is 4.68 Å². The van der Waals surface area contributed by atoms with Gasteiger partial charge in [-0.25, -0.2) is 0 Å². The van der Waals surface area contributed by atoms with E-state index in [1.54, 1.807) is 0 Å². The van der Waals surface area contributed by atoms with Crippen LogP contribution in [0.4, 0.5) is 0 Å². The SMILES string of the molecule is Cc1nn(C)c(C)c1CNCC(C)(C)C(C)C. The molecule has 3 nitrogen and oxygen atoms in total. The quantitative estimate of drug-likeness (QED) is 0.853. The van der Waals surface area contributed by atoms with Crippen LogP contribution in [0.5, 0.6) is 0 Å². The fourth-order valence-electron chi connectivity index (χ4n) is 1.79. The van der Waals surface area contributed by atoms with E-state index in [-0.39, 0.29) is 0 Å². The van der Waals surface area contributed by atoms with Gasteiger partial charge in [0.2, 0.25) is 0 Å². The predicted octanol–water partition coefficient (Wildman–Crippen LogP) is 2.81. The molecule has 98 valence electrons. The summed E-state index contributed by atoms with van der Waals surface area (Å²) in [6.45, 7) is 15.4. The van der Waals surface area contributed by atoms with Crippen LogP contribution in [0.3, 0.4) is 0 Å². The van der Waals surface area contributed by atoms with E-state index >= 15 is 0 Å². The van der Waals surface area contributed by atoms with Gasteiger partial charge in [-0.2, -0.15) is 5.10 Å². The van der Waals surface area contributed by atoms with E-state index in [4.69, 9.17) is 0 Å². The van der Waals surface area contributed by atoms with Gasteiger partial charge in [0.15, 0.2) is 0 Å². The average Bonchev–Trinajstić information content (AvgIpc) is 2.44. The molecule has 0 saturated carbocycles. The molecule has 0 radical (unpaired) electrons. The van der Waals surface area contributed by atoms with Gasteiger partial charge < -0.3 is 5.32 Å². The molecule has 0 saturated heterocycles. The molecule has 0 unspecified atom stereocenters. The Hall–Kier alpha value is -0.830. The number of rotatable bonds is 5. The van der Waals surface area contributed by atoms with Crippen LogP contribution in [0.2, 0.25) is 0 Å². The van der Waals surface area contributed by atoms with Crippen molar-refractivity contribution in [3.05, 3.63) is 17.0 Å². The highest BCUT2D eigenvalue weighted by molar-refractivity contribution is 5.23. The highest BCUT2D eigenvalue weighted by Crippen LogP contribution is 2.25. The molecule has 0 aliphatic rings. The van der Waals surface area contributed by atoms with Crippen molar-refractivity contribution >= 4 is 0 Å². The lowest BCUT2D eigenvalue weighted by Gasteiger charge is -2.29. The van der Waals surface area contributed by atoms with Crippen molar-refractivity contribution in [3.8, 4) is 0 Å². The van der Waals surface area contributed by atoms with Crippen LogP contribution in [0.25, 0.3) is 0 Å². The third-order valence-electron chi connectivity index (χ3n) is 4.10. The molecule has 1 heterocycles. The molecule has 1 rings (SSSR count). The van der Waals surface area contributed by atoms with Gasteiger partial charge in [0.25, 0.3) is 0 Å². The van der Waals surface area contributed by atoms with Crippen LogP contribution in [0.15, 0.2) is 0 Å². The molecular formula is C14H27N3. The number of nitrogens with one attached hydrogen (secondary N) is 1. The lowest BCUT2D eigenvalue weighted by Crippen LogP contribution is -2.33. The minimum Gasteiger partial charge on any atom is -0.312 e. The summed E-state index contributed by atoms with van der Waals surface area (Å²) in [4.78, 5) is 0. The van der Waals surface area contributed by atoms with Crippen molar-refractivity contribution in [1.29, 1.82) is 0 Å². The van der Waals surface area contributed by atoms with Gasteiger partial charge in [0.1, 0.15) is 0 Å². The largest absolute Gasteiger partial charge is 0.312 e. The number of aromatic nitrogens is 2. The first-order chi connectivity index (χ1) is 7.75. The Labute approximate surface area is 106 Å². The maximum atomic E-state index is 4.44. The first kappa shape index (κ1) is 14.2. The van der Waals surface area contributed by atoms with Crippen molar-refractivity contribution < 1.29 is 0 Å². The Morgan fingerprint density at radius 3 is 2.29 bits per heavy atom. The predicted molar refractivity (Wildman–Crippen MR) is 73.0 cm³/mol. The number of hydrogen-bond donors (Lipinski definition) is 1. The molecule has 0 spiro atoms. The molecule has 0 aromatic carbocycles. The van der Waals surface area contributed by atoms with E-state index in [1.165, 1.54) is 11.3 Å². The summed E-state index contributed by atoms with van der Waals surface area (Å²) >= 11 is 0. The maximum Gasteiger partial charge on any atom is 0.0641 e. The number of aryl methyl sites for hydroxylation is 2. The Bertz CT molecular complexity index is 375. The first-order valence-corrected chi connectivity index (χ1v) is 6.45. The molecule has 0 fully saturated rings. The fourth-order valence-corrected chi connectivity index (χ4v) is 1.79. The van der Waals surface area contributed by atoms with Crippen molar-refractivity contribution in [3.63, 3.8) is 0 Å². The normalized spacial score (nSPS) is 12.5. The molecule has 0 amide bonds. The Balaban J connectivity index is 2.57. The van der Waals surface area contributed by atoms with Gasteiger partial charge in [-0.05, 0) is 25.2 Å². The first-order valence-electron chi connectivity index (χ1n) is 6.45. The van der Waals surface area contributed by atoms with E-state index in [2.05, 4.69) is 52.0 Å². The van der Waals surface area contributed by atoms with Crippen molar-refractivity contribution in [2.45, 2.75) is 48.1 Å². The third-order valence-corrected chi connectivity index (χ3v) is 4.10. The van der Waals surface area contributed by atoms with Gasteiger partial charge in [-0.15, -0.1) is 0 Å². The molecule has 0 atom stereocenters. The van der Waals surface area contributed by atoms with E-state index in [0.29, 0.717) is 11.3 Å². The van der Waals surface area contributed by atoms with Crippen LogP contribution < -0.4 is 5.32 Å². The van der Waals surface area contributed by atoms with E-state index in [9.17, 15) is 0 Å². The summed E-state index contributed by atoms with van der Waals surface area (Å²) < 4.78 is 1.96. The Morgan fingerprint density at radius 2 is 1.88 bits per heavy atom. The highest BCUT2D eigenvalue weighted by Gasteiger charge is 2.21.